The Balaban J connectivity index is 1.58. The third-order valence-corrected chi connectivity index (χ3v) is 7.20. The first-order valence-electron chi connectivity index (χ1n) is 10.1. The number of anilines is 1. The first kappa shape index (κ1) is 20.6. The molecule has 2 atom stereocenters. The van der Waals surface area contributed by atoms with Crippen molar-refractivity contribution in [3.05, 3.63) is 63.8 Å². The van der Waals surface area contributed by atoms with Gasteiger partial charge >= 0.3 is 0 Å². The van der Waals surface area contributed by atoms with Crippen LogP contribution in [-0.2, 0) is 16.6 Å². The number of hydrogen-bond donors (Lipinski definition) is 1. The Morgan fingerprint density at radius 2 is 1.87 bits per heavy atom. The van der Waals surface area contributed by atoms with Gasteiger partial charge in [-0.2, -0.15) is 0 Å². The Morgan fingerprint density at radius 1 is 1.13 bits per heavy atom. The van der Waals surface area contributed by atoms with Crippen molar-refractivity contribution >= 4 is 21.6 Å². The predicted octanol–water partition coefficient (Wildman–Crippen LogP) is 2.40. The lowest BCUT2D eigenvalue weighted by Crippen LogP contribution is -2.49. The Kier molecular flexibility index (Phi) is 5.40. The van der Waals surface area contributed by atoms with E-state index in [1.54, 1.807) is 22.5 Å². The van der Waals surface area contributed by atoms with Gasteiger partial charge in [0.2, 0.25) is 10.0 Å². The van der Waals surface area contributed by atoms with Gasteiger partial charge in [-0.1, -0.05) is 6.92 Å². The first-order chi connectivity index (χ1) is 14.3. The highest BCUT2D eigenvalue weighted by Gasteiger charge is 2.37. The van der Waals surface area contributed by atoms with Crippen molar-refractivity contribution in [1.29, 1.82) is 0 Å². The van der Waals surface area contributed by atoms with Gasteiger partial charge in [0.1, 0.15) is 11.5 Å². The second-order valence-corrected chi connectivity index (χ2v) is 9.87. The van der Waals surface area contributed by atoms with Gasteiger partial charge in [0.05, 0.1) is 5.75 Å². The molecule has 1 aromatic carbocycles. The molecule has 1 aromatic heterocycles. The smallest absolute Gasteiger partial charge is 0.275 e. The molecule has 2 unspecified atom stereocenters. The van der Waals surface area contributed by atoms with Crippen LogP contribution in [0.4, 0.5) is 10.1 Å². The van der Waals surface area contributed by atoms with Crippen LogP contribution in [-0.4, -0.2) is 42.6 Å². The van der Waals surface area contributed by atoms with Crippen molar-refractivity contribution < 1.29 is 17.6 Å². The molecule has 1 N–H and O–H groups in total. The maximum absolute atomic E-state index is 13.2. The molecular formula is C21H24FN3O4S. The van der Waals surface area contributed by atoms with Crippen LogP contribution < -0.4 is 10.3 Å². The van der Waals surface area contributed by atoms with E-state index in [9.17, 15) is 22.4 Å². The number of halogens is 1. The van der Waals surface area contributed by atoms with Crippen molar-refractivity contribution in [3.8, 4) is 0 Å². The molecule has 2 aromatic rings. The fraction of sp³-hybridized carbons (Fsp3) is 0.429. The average Bonchev–Trinajstić information content (AvgIpc) is 2.70. The summed E-state index contributed by atoms with van der Waals surface area (Å²) in [6.45, 7) is 3.16. The lowest BCUT2D eigenvalue weighted by atomic mass is 9.83. The lowest BCUT2D eigenvalue weighted by molar-refractivity contribution is 0.0594. The van der Waals surface area contributed by atoms with E-state index in [1.807, 2.05) is 0 Å². The van der Waals surface area contributed by atoms with E-state index in [-0.39, 0.29) is 40.6 Å². The van der Waals surface area contributed by atoms with Crippen LogP contribution in [0, 0.1) is 11.7 Å². The number of pyridine rings is 1. The molecule has 30 heavy (non-hydrogen) atoms. The molecule has 0 radical (unpaired) electrons. The maximum Gasteiger partial charge on any atom is 0.275 e. The summed E-state index contributed by atoms with van der Waals surface area (Å²) in [4.78, 5) is 27.5. The fourth-order valence-electron chi connectivity index (χ4n) is 4.45. The monoisotopic (exact) mass is 433 g/mol. The Labute approximate surface area is 174 Å². The average molecular weight is 434 g/mol. The number of likely N-dealkylation sites (tertiary alicyclic amines) is 1. The zero-order chi connectivity index (χ0) is 21.5. The highest BCUT2D eigenvalue weighted by molar-refractivity contribution is 7.92. The number of carbonyl (C=O) groups is 1. The maximum atomic E-state index is 13.2. The van der Waals surface area contributed by atoms with Crippen molar-refractivity contribution in [2.75, 3.05) is 23.6 Å². The molecule has 9 heteroatoms. The van der Waals surface area contributed by atoms with E-state index in [0.29, 0.717) is 31.6 Å². The molecule has 2 aliphatic heterocycles. The highest BCUT2D eigenvalue weighted by Crippen LogP contribution is 2.36. The molecule has 0 aliphatic carbocycles. The van der Waals surface area contributed by atoms with E-state index in [2.05, 4.69) is 4.72 Å². The van der Waals surface area contributed by atoms with Gasteiger partial charge in [-0.25, -0.2) is 12.8 Å². The van der Waals surface area contributed by atoms with Gasteiger partial charge in [-0.3, -0.25) is 14.3 Å². The van der Waals surface area contributed by atoms with Gasteiger partial charge in [-0.05, 0) is 55.2 Å². The minimum atomic E-state index is -3.55. The topological polar surface area (TPSA) is 88.5 Å². The minimum absolute atomic E-state index is 0.00380. The molecule has 1 amide bonds. The number of carbonyl (C=O) groups excluding carboxylic acids is 1. The van der Waals surface area contributed by atoms with E-state index in [1.165, 1.54) is 30.3 Å². The third kappa shape index (κ3) is 3.98. The molecule has 1 fully saturated rings. The second-order valence-electron chi connectivity index (χ2n) is 8.02. The van der Waals surface area contributed by atoms with Crippen LogP contribution in [0.25, 0.3) is 0 Å². The van der Waals surface area contributed by atoms with Gasteiger partial charge in [0.25, 0.3) is 11.5 Å². The Morgan fingerprint density at radius 3 is 2.57 bits per heavy atom. The van der Waals surface area contributed by atoms with Crippen molar-refractivity contribution in [2.45, 2.75) is 32.2 Å². The minimum Gasteiger partial charge on any atom is -0.338 e. The molecule has 4 rings (SSSR count). The van der Waals surface area contributed by atoms with Gasteiger partial charge < -0.3 is 9.47 Å². The summed E-state index contributed by atoms with van der Waals surface area (Å²) in [7, 11) is -3.55. The van der Waals surface area contributed by atoms with Gasteiger partial charge in [0.15, 0.2) is 0 Å². The fourth-order valence-corrected chi connectivity index (χ4v) is 5.58. The van der Waals surface area contributed by atoms with Crippen molar-refractivity contribution in [2.24, 2.45) is 5.92 Å². The number of rotatable bonds is 5. The van der Waals surface area contributed by atoms with E-state index >= 15 is 0 Å². The zero-order valence-corrected chi connectivity index (χ0v) is 17.5. The van der Waals surface area contributed by atoms with Gasteiger partial charge in [0, 0.05) is 36.8 Å². The summed E-state index contributed by atoms with van der Waals surface area (Å²) in [5.74, 6) is -0.484. The summed E-state index contributed by atoms with van der Waals surface area (Å²) in [6, 6.07) is 8.80. The highest BCUT2D eigenvalue weighted by atomic mass is 32.2. The predicted molar refractivity (Wildman–Crippen MR) is 112 cm³/mol. The summed E-state index contributed by atoms with van der Waals surface area (Å²) >= 11 is 0. The molecule has 7 nitrogen and oxygen atoms in total. The number of piperidine rings is 1. The van der Waals surface area contributed by atoms with E-state index in [4.69, 9.17) is 0 Å². The number of nitrogens with one attached hydrogen (secondary N) is 1. The standard InChI is InChI=1S/C21H24FN3O4S/c1-2-9-30(28,29)23-18-7-8-19-16-10-14(12-25(19)21(18)27)11-24(13-16)20(26)15-3-5-17(22)6-4-15/h3-8,14,16,23H,2,9-13H2,1H3. The quantitative estimate of drug-likeness (QED) is 0.784. The number of aromatic nitrogens is 1. The summed E-state index contributed by atoms with van der Waals surface area (Å²) in [6.07, 6.45) is 1.33. The molecule has 3 heterocycles. The van der Waals surface area contributed by atoms with Gasteiger partial charge in [-0.15, -0.1) is 0 Å². The molecule has 2 bridgehead atoms. The Hall–Kier alpha value is -2.68. The second kappa shape index (κ2) is 7.86. The normalized spacial score (nSPS) is 20.5. The molecular weight excluding hydrogens is 409 g/mol. The van der Waals surface area contributed by atoms with Crippen LogP contribution in [0.3, 0.4) is 0 Å². The number of hydrogen-bond acceptors (Lipinski definition) is 4. The summed E-state index contributed by atoms with van der Waals surface area (Å²) in [5.41, 5.74) is 0.965. The van der Waals surface area contributed by atoms with Crippen molar-refractivity contribution in [1.82, 2.24) is 9.47 Å². The molecule has 2 aliphatic rings. The number of sulfonamides is 1. The van der Waals surface area contributed by atoms with E-state index < -0.39 is 10.0 Å². The molecule has 0 saturated carbocycles. The number of benzene rings is 1. The molecule has 160 valence electrons. The van der Waals surface area contributed by atoms with Crippen LogP contribution in [0.2, 0.25) is 0 Å². The Bertz CT molecular complexity index is 1130. The van der Waals surface area contributed by atoms with E-state index in [0.717, 1.165) is 12.1 Å². The summed E-state index contributed by atoms with van der Waals surface area (Å²) in [5, 5.41) is 0. The van der Waals surface area contributed by atoms with Crippen LogP contribution in [0.5, 0.6) is 0 Å². The summed E-state index contributed by atoms with van der Waals surface area (Å²) < 4.78 is 41.3. The van der Waals surface area contributed by atoms with Crippen molar-refractivity contribution in [3.63, 3.8) is 0 Å². The van der Waals surface area contributed by atoms with Crippen LogP contribution >= 0.6 is 0 Å². The number of fused-ring (bicyclic) bond motifs is 4. The zero-order valence-electron chi connectivity index (χ0n) is 16.7. The first-order valence-corrected chi connectivity index (χ1v) is 11.7. The lowest BCUT2D eigenvalue weighted by Gasteiger charge is -2.43. The number of nitrogens with zero attached hydrogens (tertiary/aromatic N) is 2. The molecule has 1 saturated heterocycles. The third-order valence-electron chi connectivity index (χ3n) is 5.72. The van der Waals surface area contributed by atoms with Crippen LogP contribution in [0.1, 0.15) is 41.7 Å². The molecule has 0 spiro atoms. The number of amides is 1. The largest absolute Gasteiger partial charge is 0.338 e. The SMILES string of the molecule is CCCS(=O)(=O)Nc1ccc2n(c1=O)CC1CC2CN(C(=O)c2ccc(F)cc2)C1. The van der Waals surface area contributed by atoms with Crippen LogP contribution in [0.15, 0.2) is 41.2 Å².